The lowest BCUT2D eigenvalue weighted by Crippen LogP contribution is -2.33. The molecule has 1 aromatic carbocycles. The molecular formula is C15H21F2N. The molecule has 1 aliphatic rings. The summed E-state index contributed by atoms with van der Waals surface area (Å²) in [5.74, 6) is -0.167. The Morgan fingerprint density at radius 3 is 2.83 bits per heavy atom. The highest BCUT2D eigenvalue weighted by Gasteiger charge is 2.20. The number of benzene rings is 1. The smallest absolute Gasteiger partial charge is 0.130 e. The van der Waals surface area contributed by atoms with Gasteiger partial charge in [-0.1, -0.05) is 32.3 Å². The molecule has 1 aliphatic carbocycles. The molecule has 1 fully saturated rings. The molecule has 100 valence electrons. The average molecular weight is 253 g/mol. The van der Waals surface area contributed by atoms with Gasteiger partial charge in [-0.25, -0.2) is 8.78 Å². The SMILES string of the molecule is CCC1CCCC(NCc2ccc(F)cc2F)C1. The van der Waals surface area contributed by atoms with Gasteiger partial charge in [-0.3, -0.25) is 0 Å². The van der Waals surface area contributed by atoms with Crippen molar-refractivity contribution in [2.24, 2.45) is 5.92 Å². The third-order valence-electron chi connectivity index (χ3n) is 3.96. The van der Waals surface area contributed by atoms with Crippen molar-refractivity contribution in [1.82, 2.24) is 5.32 Å². The van der Waals surface area contributed by atoms with E-state index in [1.807, 2.05) is 0 Å². The largest absolute Gasteiger partial charge is 0.310 e. The Bertz CT molecular complexity index is 392. The van der Waals surface area contributed by atoms with E-state index in [4.69, 9.17) is 0 Å². The van der Waals surface area contributed by atoms with Crippen LogP contribution in [-0.2, 0) is 6.54 Å². The van der Waals surface area contributed by atoms with Crippen LogP contribution in [0.4, 0.5) is 8.78 Å². The second-order valence-electron chi connectivity index (χ2n) is 5.25. The Morgan fingerprint density at radius 2 is 2.11 bits per heavy atom. The van der Waals surface area contributed by atoms with E-state index in [1.165, 1.54) is 44.2 Å². The van der Waals surface area contributed by atoms with Crippen molar-refractivity contribution in [2.75, 3.05) is 0 Å². The van der Waals surface area contributed by atoms with E-state index in [0.29, 0.717) is 18.2 Å². The summed E-state index contributed by atoms with van der Waals surface area (Å²) >= 11 is 0. The van der Waals surface area contributed by atoms with Gasteiger partial charge in [0.2, 0.25) is 0 Å². The van der Waals surface area contributed by atoms with Gasteiger partial charge in [-0.15, -0.1) is 0 Å². The van der Waals surface area contributed by atoms with Gasteiger partial charge in [0.1, 0.15) is 11.6 Å². The Balaban J connectivity index is 1.87. The first-order valence-corrected chi connectivity index (χ1v) is 6.86. The molecule has 2 unspecified atom stereocenters. The van der Waals surface area contributed by atoms with Gasteiger partial charge in [-0.05, 0) is 24.8 Å². The van der Waals surface area contributed by atoms with Crippen LogP contribution in [0.1, 0.15) is 44.6 Å². The topological polar surface area (TPSA) is 12.0 Å². The molecule has 0 saturated heterocycles. The lowest BCUT2D eigenvalue weighted by Gasteiger charge is -2.29. The molecule has 0 radical (unpaired) electrons. The molecule has 1 nitrogen and oxygen atoms in total. The highest BCUT2D eigenvalue weighted by molar-refractivity contribution is 5.18. The maximum atomic E-state index is 13.5. The Kier molecular flexibility index (Phi) is 4.70. The molecular weight excluding hydrogens is 232 g/mol. The normalized spacial score (nSPS) is 24.2. The highest BCUT2D eigenvalue weighted by atomic mass is 19.1. The number of halogens is 2. The lowest BCUT2D eigenvalue weighted by molar-refractivity contribution is 0.277. The molecule has 2 atom stereocenters. The monoisotopic (exact) mass is 253 g/mol. The summed E-state index contributed by atoms with van der Waals surface area (Å²) in [5.41, 5.74) is 0.551. The molecule has 1 saturated carbocycles. The van der Waals surface area contributed by atoms with Crippen LogP contribution >= 0.6 is 0 Å². The molecule has 0 aromatic heterocycles. The summed E-state index contributed by atoms with van der Waals surface area (Å²) in [4.78, 5) is 0. The second-order valence-corrected chi connectivity index (χ2v) is 5.25. The first-order valence-electron chi connectivity index (χ1n) is 6.86. The molecule has 1 N–H and O–H groups in total. The number of rotatable bonds is 4. The van der Waals surface area contributed by atoms with Crippen LogP contribution in [0.25, 0.3) is 0 Å². The van der Waals surface area contributed by atoms with Gasteiger partial charge in [0.15, 0.2) is 0 Å². The predicted octanol–water partition coefficient (Wildman–Crippen LogP) is 4.02. The van der Waals surface area contributed by atoms with Crippen molar-refractivity contribution in [3.05, 3.63) is 35.4 Å². The molecule has 0 spiro atoms. The summed E-state index contributed by atoms with van der Waals surface area (Å²) in [5, 5.41) is 3.40. The van der Waals surface area contributed by atoms with Crippen LogP contribution in [0, 0.1) is 17.6 Å². The predicted molar refractivity (Wildman–Crippen MR) is 69.2 cm³/mol. The van der Waals surface area contributed by atoms with Gasteiger partial charge < -0.3 is 5.32 Å². The third-order valence-corrected chi connectivity index (χ3v) is 3.96. The lowest BCUT2D eigenvalue weighted by atomic mass is 9.84. The van der Waals surface area contributed by atoms with E-state index in [1.54, 1.807) is 0 Å². The van der Waals surface area contributed by atoms with Crippen molar-refractivity contribution in [2.45, 2.75) is 51.6 Å². The maximum Gasteiger partial charge on any atom is 0.130 e. The average Bonchev–Trinajstić information content (AvgIpc) is 2.38. The minimum atomic E-state index is -0.514. The fraction of sp³-hybridized carbons (Fsp3) is 0.600. The molecule has 0 amide bonds. The maximum absolute atomic E-state index is 13.5. The van der Waals surface area contributed by atoms with Crippen LogP contribution < -0.4 is 5.32 Å². The first kappa shape index (κ1) is 13.5. The van der Waals surface area contributed by atoms with Crippen molar-refractivity contribution in [3.8, 4) is 0 Å². The number of hydrogen-bond acceptors (Lipinski definition) is 1. The molecule has 2 rings (SSSR count). The second kappa shape index (κ2) is 6.28. The first-order chi connectivity index (χ1) is 8.69. The molecule has 0 aliphatic heterocycles. The van der Waals surface area contributed by atoms with Gasteiger partial charge >= 0.3 is 0 Å². The summed E-state index contributed by atoms with van der Waals surface area (Å²) < 4.78 is 26.2. The molecule has 1 aromatic rings. The van der Waals surface area contributed by atoms with E-state index in [2.05, 4.69) is 12.2 Å². The van der Waals surface area contributed by atoms with Gasteiger partial charge in [-0.2, -0.15) is 0 Å². The molecule has 18 heavy (non-hydrogen) atoms. The quantitative estimate of drug-likeness (QED) is 0.854. The summed E-state index contributed by atoms with van der Waals surface area (Å²) in [6.07, 6.45) is 6.14. The third kappa shape index (κ3) is 3.52. The standard InChI is InChI=1S/C15H21F2N/c1-2-11-4-3-5-14(8-11)18-10-12-6-7-13(16)9-15(12)17/h6-7,9,11,14,18H,2-5,8,10H2,1H3. The highest BCUT2D eigenvalue weighted by Crippen LogP contribution is 2.26. The Labute approximate surface area is 108 Å². The van der Waals surface area contributed by atoms with E-state index >= 15 is 0 Å². The summed E-state index contributed by atoms with van der Waals surface area (Å²) in [6, 6.07) is 4.27. The van der Waals surface area contributed by atoms with Crippen LogP contribution in [-0.4, -0.2) is 6.04 Å². The summed E-state index contributed by atoms with van der Waals surface area (Å²) in [7, 11) is 0. The number of nitrogens with one attached hydrogen (secondary N) is 1. The molecule has 0 bridgehead atoms. The zero-order valence-corrected chi connectivity index (χ0v) is 10.9. The molecule has 3 heteroatoms. The fourth-order valence-electron chi connectivity index (χ4n) is 2.77. The van der Waals surface area contributed by atoms with Crippen LogP contribution in [0.15, 0.2) is 18.2 Å². The molecule has 0 heterocycles. The van der Waals surface area contributed by atoms with E-state index in [9.17, 15) is 8.78 Å². The Morgan fingerprint density at radius 1 is 1.28 bits per heavy atom. The van der Waals surface area contributed by atoms with Crippen LogP contribution in [0.2, 0.25) is 0 Å². The van der Waals surface area contributed by atoms with Crippen LogP contribution in [0.3, 0.4) is 0 Å². The number of hydrogen-bond donors (Lipinski definition) is 1. The zero-order chi connectivity index (χ0) is 13.0. The minimum Gasteiger partial charge on any atom is -0.310 e. The van der Waals surface area contributed by atoms with E-state index in [-0.39, 0.29) is 0 Å². The van der Waals surface area contributed by atoms with E-state index < -0.39 is 11.6 Å². The van der Waals surface area contributed by atoms with E-state index in [0.717, 1.165) is 12.0 Å². The van der Waals surface area contributed by atoms with Crippen molar-refractivity contribution in [3.63, 3.8) is 0 Å². The van der Waals surface area contributed by atoms with Crippen molar-refractivity contribution >= 4 is 0 Å². The van der Waals surface area contributed by atoms with Gasteiger partial charge in [0, 0.05) is 24.2 Å². The zero-order valence-electron chi connectivity index (χ0n) is 10.9. The van der Waals surface area contributed by atoms with Crippen molar-refractivity contribution < 1.29 is 8.78 Å². The minimum absolute atomic E-state index is 0.453. The van der Waals surface area contributed by atoms with Gasteiger partial charge in [0.25, 0.3) is 0 Å². The summed E-state index contributed by atoms with van der Waals surface area (Å²) in [6.45, 7) is 2.72. The Hall–Kier alpha value is -0.960. The van der Waals surface area contributed by atoms with Crippen molar-refractivity contribution in [1.29, 1.82) is 0 Å². The van der Waals surface area contributed by atoms with Gasteiger partial charge in [0.05, 0.1) is 0 Å². The fourth-order valence-corrected chi connectivity index (χ4v) is 2.77. The van der Waals surface area contributed by atoms with Crippen LogP contribution in [0.5, 0.6) is 0 Å².